The Morgan fingerprint density at radius 3 is 2.75 bits per heavy atom. The van der Waals surface area contributed by atoms with E-state index >= 15 is 0 Å². The molecule has 0 radical (unpaired) electrons. The summed E-state index contributed by atoms with van der Waals surface area (Å²) in [4.78, 5) is 12.2. The molecule has 0 aromatic heterocycles. The van der Waals surface area contributed by atoms with Crippen molar-refractivity contribution >= 4 is 5.91 Å². The highest BCUT2D eigenvalue weighted by molar-refractivity contribution is 5.82. The first-order valence-electron chi connectivity index (χ1n) is 6.88. The van der Waals surface area contributed by atoms with Crippen molar-refractivity contribution in [2.75, 3.05) is 6.61 Å². The van der Waals surface area contributed by atoms with E-state index in [0.29, 0.717) is 13.0 Å². The van der Waals surface area contributed by atoms with Gasteiger partial charge in [0.15, 0.2) is 0 Å². The summed E-state index contributed by atoms with van der Waals surface area (Å²) in [6.45, 7) is 4.60. The van der Waals surface area contributed by atoms with E-state index in [1.807, 2.05) is 13.8 Å². The normalized spacial score (nSPS) is 27.2. The minimum Gasteiger partial charge on any atom is -0.508 e. The zero-order valence-electron chi connectivity index (χ0n) is 11.9. The van der Waals surface area contributed by atoms with E-state index in [-0.39, 0.29) is 23.3 Å². The van der Waals surface area contributed by atoms with E-state index in [1.165, 1.54) is 0 Å². The van der Waals surface area contributed by atoms with Gasteiger partial charge in [-0.1, -0.05) is 12.1 Å². The van der Waals surface area contributed by atoms with Gasteiger partial charge in [-0.2, -0.15) is 0 Å². The number of ether oxygens (including phenoxy) is 1. The Morgan fingerprint density at radius 1 is 1.55 bits per heavy atom. The van der Waals surface area contributed by atoms with Gasteiger partial charge in [0.2, 0.25) is 5.91 Å². The lowest BCUT2D eigenvalue weighted by molar-refractivity contribution is -0.124. The van der Waals surface area contributed by atoms with Crippen molar-refractivity contribution in [2.45, 2.75) is 44.4 Å². The van der Waals surface area contributed by atoms with Crippen LogP contribution in [0.3, 0.4) is 0 Å². The van der Waals surface area contributed by atoms with Gasteiger partial charge in [0.05, 0.1) is 17.7 Å². The van der Waals surface area contributed by atoms with E-state index in [1.54, 1.807) is 24.3 Å². The average Bonchev–Trinajstić information content (AvgIpc) is 2.72. The number of phenolic OH excluding ortho intramolecular Hbond substituents is 1. The molecule has 1 saturated heterocycles. The Kier molecular flexibility index (Phi) is 4.30. The van der Waals surface area contributed by atoms with Crippen molar-refractivity contribution < 1.29 is 14.6 Å². The molecule has 4 N–H and O–H groups in total. The Bertz CT molecular complexity index is 475. The summed E-state index contributed by atoms with van der Waals surface area (Å²) in [5.41, 5.74) is 6.53. The Hall–Kier alpha value is -1.59. The molecule has 2 rings (SSSR count). The molecule has 3 atom stereocenters. The highest BCUT2D eigenvalue weighted by Crippen LogP contribution is 2.25. The summed E-state index contributed by atoms with van der Waals surface area (Å²) in [6, 6.07) is 6.11. The number of nitrogens with two attached hydrogens (primary N) is 1. The van der Waals surface area contributed by atoms with Crippen LogP contribution in [0.2, 0.25) is 0 Å². The van der Waals surface area contributed by atoms with Crippen LogP contribution in [0.15, 0.2) is 24.3 Å². The number of hydrogen-bond donors (Lipinski definition) is 3. The van der Waals surface area contributed by atoms with Crippen molar-refractivity contribution in [3.63, 3.8) is 0 Å². The lowest BCUT2D eigenvalue weighted by Crippen LogP contribution is -2.55. The Morgan fingerprint density at radius 2 is 2.20 bits per heavy atom. The van der Waals surface area contributed by atoms with Gasteiger partial charge in [-0.25, -0.2) is 0 Å². The number of phenols is 1. The van der Waals surface area contributed by atoms with Gasteiger partial charge in [-0.3, -0.25) is 4.79 Å². The number of nitrogens with one attached hydrogen (secondary N) is 1. The van der Waals surface area contributed by atoms with Gasteiger partial charge >= 0.3 is 0 Å². The fraction of sp³-hybridized carbons (Fsp3) is 0.533. The molecule has 110 valence electrons. The lowest BCUT2D eigenvalue weighted by Gasteiger charge is -2.30. The summed E-state index contributed by atoms with van der Waals surface area (Å²) < 4.78 is 5.50. The van der Waals surface area contributed by atoms with Crippen LogP contribution in [0.25, 0.3) is 0 Å². The summed E-state index contributed by atoms with van der Waals surface area (Å²) in [5.74, 6) is 0.0362. The molecule has 1 fully saturated rings. The third-order valence-electron chi connectivity index (χ3n) is 4.02. The molecule has 1 heterocycles. The maximum Gasteiger partial charge on any atom is 0.237 e. The molecule has 1 aromatic carbocycles. The molecule has 2 unspecified atom stereocenters. The van der Waals surface area contributed by atoms with Crippen LogP contribution in [0, 0.1) is 0 Å². The van der Waals surface area contributed by atoms with Crippen LogP contribution >= 0.6 is 0 Å². The first kappa shape index (κ1) is 14.8. The van der Waals surface area contributed by atoms with Crippen molar-refractivity contribution in [2.24, 2.45) is 5.73 Å². The molecular weight excluding hydrogens is 256 g/mol. The molecular formula is C15H22N2O3. The molecule has 0 saturated carbocycles. The summed E-state index contributed by atoms with van der Waals surface area (Å²) >= 11 is 0. The topological polar surface area (TPSA) is 84.6 Å². The van der Waals surface area contributed by atoms with Crippen LogP contribution in [-0.2, 0) is 16.0 Å². The van der Waals surface area contributed by atoms with E-state index in [0.717, 1.165) is 12.0 Å². The maximum absolute atomic E-state index is 12.2. The fourth-order valence-electron chi connectivity index (χ4n) is 2.35. The highest BCUT2D eigenvalue weighted by Gasteiger charge is 2.39. The first-order chi connectivity index (χ1) is 9.40. The van der Waals surface area contributed by atoms with Crippen LogP contribution in [0.4, 0.5) is 0 Å². The SMILES string of the molecule is CC1OCCC1(C)NC(=O)[C@@H](N)Cc1ccc(O)cc1. The van der Waals surface area contributed by atoms with E-state index in [2.05, 4.69) is 5.32 Å². The fourth-order valence-corrected chi connectivity index (χ4v) is 2.35. The second-order valence-electron chi connectivity index (χ2n) is 5.65. The van der Waals surface area contributed by atoms with Gasteiger partial charge < -0.3 is 20.9 Å². The molecule has 1 aliphatic rings. The summed E-state index contributed by atoms with van der Waals surface area (Å²) in [7, 11) is 0. The summed E-state index contributed by atoms with van der Waals surface area (Å²) in [5, 5.41) is 12.2. The minimum atomic E-state index is -0.607. The third kappa shape index (κ3) is 3.29. The number of aromatic hydroxyl groups is 1. The van der Waals surface area contributed by atoms with Crippen LogP contribution in [0.5, 0.6) is 5.75 Å². The summed E-state index contributed by atoms with van der Waals surface area (Å²) in [6.07, 6.45) is 1.23. The number of amides is 1. The maximum atomic E-state index is 12.2. The van der Waals surface area contributed by atoms with E-state index in [4.69, 9.17) is 10.5 Å². The number of carbonyl (C=O) groups excluding carboxylic acids is 1. The van der Waals surface area contributed by atoms with Crippen LogP contribution < -0.4 is 11.1 Å². The van der Waals surface area contributed by atoms with Crippen molar-refractivity contribution in [1.29, 1.82) is 0 Å². The van der Waals surface area contributed by atoms with Crippen molar-refractivity contribution in [3.05, 3.63) is 29.8 Å². The Balaban J connectivity index is 1.93. The minimum absolute atomic E-state index is 0.00711. The largest absolute Gasteiger partial charge is 0.508 e. The molecule has 20 heavy (non-hydrogen) atoms. The molecule has 1 aromatic rings. The van der Waals surface area contributed by atoms with Crippen molar-refractivity contribution in [3.8, 4) is 5.75 Å². The van der Waals surface area contributed by atoms with E-state index < -0.39 is 6.04 Å². The predicted molar refractivity (Wildman–Crippen MR) is 76.4 cm³/mol. The second-order valence-corrected chi connectivity index (χ2v) is 5.65. The van der Waals surface area contributed by atoms with Gasteiger partial charge in [-0.15, -0.1) is 0 Å². The van der Waals surface area contributed by atoms with Crippen LogP contribution in [0.1, 0.15) is 25.8 Å². The molecule has 0 bridgehead atoms. The number of hydrogen-bond acceptors (Lipinski definition) is 4. The predicted octanol–water partition coefficient (Wildman–Crippen LogP) is 0.946. The zero-order valence-corrected chi connectivity index (χ0v) is 11.9. The molecule has 5 nitrogen and oxygen atoms in total. The van der Waals surface area contributed by atoms with Gasteiger partial charge in [-0.05, 0) is 44.4 Å². The molecule has 1 aliphatic heterocycles. The number of benzene rings is 1. The molecule has 0 spiro atoms. The highest BCUT2D eigenvalue weighted by atomic mass is 16.5. The number of carbonyl (C=O) groups is 1. The quantitative estimate of drug-likeness (QED) is 0.765. The Labute approximate surface area is 119 Å². The third-order valence-corrected chi connectivity index (χ3v) is 4.02. The lowest BCUT2D eigenvalue weighted by atomic mass is 9.93. The van der Waals surface area contributed by atoms with Crippen molar-refractivity contribution in [1.82, 2.24) is 5.32 Å². The molecule has 5 heteroatoms. The smallest absolute Gasteiger partial charge is 0.237 e. The van der Waals surface area contributed by atoms with Gasteiger partial charge in [0, 0.05) is 6.61 Å². The molecule has 0 aliphatic carbocycles. The van der Waals surface area contributed by atoms with Gasteiger partial charge in [0.1, 0.15) is 5.75 Å². The zero-order chi connectivity index (χ0) is 14.8. The number of rotatable bonds is 4. The van der Waals surface area contributed by atoms with Gasteiger partial charge in [0.25, 0.3) is 0 Å². The second kappa shape index (κ2) is 5.81. The molecule has 1 amide bonds. The van der Waals surface area contributed by atoms with E-state index in [9.17, 15) is 9.90 Å². The average molecular weight is 278 g/mol. The first-order valence-corrected chi connectivity index (χ1v) is 6.88. The van der Waals surface area contributed by atoms with Crippen LogP contribution in [-0.4, -0.2) is 35.3 Å². The standard InChI is InChI=1S/C15H22N2O3/c1-10-15(2,7-8-20-10)17-14(19)13(16)9-11-3-5-12(18)6-4-11/h3-6,10,13,18H,7-9,16H2,1-2H3,(H,17,19)/t10?,13-,15?/m0/s1. The monoisotopic (exact) mass is 278 g/mol.